The molecule has 0 aromatic heterocycles. The molecule has 1 atom stereocenters. The zero-order valence-corrected chi connectivity index (χ0v) is 8.60. The van der Waals surface area contributed by atoms with Gasteiger partial charge in [-0.25, -0.2) is 0 Å². The molecular formula is C12H22. The molecule has 0 heterocycles. The fraction of sp³-hybridized carbons (Fsp3) is 0.667. The zero-order valence-electron chi connectivity index (χ0n) is 8.60. The molecule has 1 unspecified atom stereocenters. The van der Waals surface area contributed by atoms with E-state index in [9.17, 15) is 0 Å². The lowest BCUT2D eigenvalue weighted by Crippen LogP contribution is -1.99. The molecule has 0 aliphatic rings. The highest BCUT2D eigenvalue weighted by atomic mass is 14.1. The van der Waals surface area contributed by atoms with Crippen LogP contribution in [0.2, 0.25) is 0 Å². The van der Waals surface area contributed by atoms with Crippen LogP contribution in [0.3, 0.4) is 0 Å². The van der Waals surface area contributed by atoms with Crippen molar-refractivity contribution in [2.24, 2.45) is 5.92 Å². The van der Waals surface area contributed by atoms with Gasteiger partial charge in [-0.1, -0.05) is 64.3 Å². The first-order chi connectivity index (χ1) is 5.74. The van der Waals surface area contributed by atoms with Crippen molar-refractivity contribution >= 4 is 0 Å². The van der Waals surface area contributed by atoms with Gasteiger partial charge in [0, 0.05) is 0 Å². The molecule has 12 heavy (non-hydrogen) atoms. The van der Waals surface area contributed by atoms with Gasteiger partial charge < -0.3 is 0 Å². The Balaban J connectivity index is 3.66. The van der Waals surface area contributed by atoms with Crippen molar-refractivity contribution in [2.75, 3.05) is 0 Å². The van der Waals surface area contributed by atoms with E-state index in [1.165, 1.54) is 31.3 Å². The van der Waals surface area contributed by atoms with Gasteiger partial charge in [0.2, 0.25) is 0 Å². The minimum Gasteiger partial charge on any atom is -0.0988 e. The summed E-state index contributed by atoms with van der Waals surface area (Å²) in [5, 5.41) is 0. The topological polar surface area (TPSA) is 0 Å². The molecule has 0 radical (unpaired) electrons. The Labute approximate surface area is 77.4 Å². The molecule has 0 aliphatic heterocycles. The van der Waals surface area contributed by atoms with Crippen molar-refractivity contribution < 1.29 is 0 Å². The van der Waals surface area contributed by atoms with Crippen LogP contribution in [0, 0.1) is 5.92 Å². The third kappa shape index (κ3) is 5.17. The summed E-state index contributed by atoms with van der Waals surface area (Å²) in [7, 11) is 0. The average Bonchev–Trinajstić information content (AvgIpc) is 2.11. The van der Waals surface area contributed by atoms with E-state index in [1.807, 2.05) is 6.08 Å². The van der Waals surface area contributed by atoms with Crippen molar-refractivity contribution in [3.05, 3.63) is 24.8 Å². The van der Waals surface area contributed by atoms with E-state index in [0.29, 0.717) is 0 Å². The predicted octanol–water partition coefficient (Wildman–Crippen LogP) is 4.34. The molecule has 0 nitrogen and oxygen atoms in total. The first-order valence-corrected chi connectivity index (χ1v) is 5.04. The van der Waals surface area contributed by atoms with Crippen LogP contribution in [0.1, 0.15) is 46.0 Å². The van der Waals surface area contributed by atoms with Crippen molar-refractivity contribution in [3.8, 4) is 0 Å². The van der Waals surface area contributed by atoms with Gasteiger partial charge in [-0.15, -0.1) is 0 Å². The predicted molar refractivity (Wildman–Crippen MR) is 57.3 cm³/mol. The van der Waals surface area contributed by atoms with E-state index in [1.54, 1.807) is 0 Å². The summed E-state index contributed by atoms with van der Waals surface area (Å²) in [6.45, 7) is 12.2. The summed E-state index contributed by atoms with van der Waals surface area (Å²) in [6.07, 6.45) is 8.29. The average molecular weight is 166 g/mol. The van der Waals surface area contributed by atoms with Crippen molar-refractivity contribution in [2.45, 2.75) is 46.0 Å². The number of rotatable bonds is 7. The number of hydrogen-bond donors (Lipinski definition) is 0. The van der Waals surface area contributed by atoms with E-state index in [4.69, 9.17) is 0 Å². The molecule has 0 aliphatic carbocycles. The van der Waals surface area contributed by atoms with Gasteiger partial charge in [0.25, 0.3) is 0 Å². The quantitative estimate of drug-likeness (QED) is 0.494. The second-order valence-electron chi connectivity index (χ2n) is 3.48. The van der Waals surface area contributed by atoms with Gasteiger partial charge in [-0.05, 0) is 12.3 Å². The van der Waals surface area contributed by atoms with Crippen LogP contribution in [-0.4, -0.2) is 0 Å². The van der Waals surface area contributed by atoms with Gasteiger partial charge >= 0.3 is 0 Å². The second kappa shape index (κ2) is 7.15. The summed E-state index contributed by atoms with van der Waals surface area (Å²) in [6, 6.07) is 0. The van der Waals surface area contributed by atoms with Crippen LogP contribution in [-0.2, 0) is 0 Å². The lowest BCUT2D eigenvalue weighted by molar-refractivity contribution is 0.451. The normalized spacial score (nSPS) is 12.5. The molecule has 0 bridgehead atoms. The molecule has 0 fully saturated rings. The van der Waals surface area contributed by atoms with Gasteiger partial charge in [-0.2, -0.15) is 0 Å². The molecular weight excluding hydrogens is 144 g/mol. The lowest BCUT2D eigenvalue weighted by atomic mass is 9.92. The number of hydrogen-bond acceptors (Lipinski definition) is 0. The smallest absolute Gasteiger partial charge is 0.0257 e. The summed E-state index contributed by atoms with van der Waals surface area (Å²) in [5.74, 6) is 0.829. The molecule has 0 aromatic rings. The Morgan fingerprint density at radius 3 is 2.50 bits per heavy atom. The summed E-state index contributed by atoms with van der Waals surface area (Å²) in [4.78, 5) is 0. The Morgan fingerprint density at radius 2 is 2.08 bits per heavy atom. The van der Waals surface area contributed by atoms with Gasteiger partial charge in [0.05, 0.1) is 0 Å². The van der Waals surface area contributed by atoms with E-state index in [0.717, 1.165) is 12.3 Å². The maximum absolute atomic E-state index is 3.95. The van der Waals surface area contributed by atoms with Gasteiger partial charge in [-0.3, -0.25) is 0 Å². The largest absolute Gasteiger partial charge is 0.0988 e. The first-order valence-electron chi connectivity index (χ1n) is 5.04. The first kappa shape index (κ1) is 11.5. The van der Waals surface area contributed by atoms with Crippen LogP contribution in [0.15, 0.2) is 24.8 Å². The van der Waals surface area contributed by atoms with Crippen molar-refractivity contribution in [1.82, 2.24) is 0 Å². The Bertz CT molecular complexity index is 133. The molecule has 0 spiro atoms. The molecule has 0 heteroatoms. The highest BCUT2D eigenvalue weighted by molar-refractivity contribution is 5.11. The van der Waals surface area contributed by atoms with E-state index < -0.39 is 0 Å². The van der Waals surface area contributed by atoms with E-state index >= 15 is 0 Å². The highest BCUT2D eigenvalue weighted by Gasteiger charge is 2.05. The third-order valence-corrected chi connectivity index (χ3v) is 2.38. The fourth-order valence-electron chi connectivity index (χ4n) is 1.40. The number of unbranched alkanes of at least 4 members (excludes halogenated alkanes) is 1. The molecule has 0 rings (SSSR count). The minimum atomic E-state index is 0.829. The standard InChI is InChI=1S/C12H22/c1-5-8-9-12(7-3)10-11(4)6-2/h6,12H,2,4-5,7-10H2,1,3H3. The Morgan fingerprint density at radius 1 is 1.42 bits per heavy atom. The fourth-order valence-corrected chi connectivity index (χ4v) is 1.40. The van der Waals surface area contributed by atoms with Crippen molar-refractivity contribution in [3.63, 3.8) is 0 Å². The van der Waals surface area contributed by atoms with E-state index in [2.05, 4.69) is 27.0 Å². The van der Waals surface area contributed by atoms with Gasteiger partial charge in [0.1, 0.15) is 0 Å². The molecule has 70 valence electrons. The van der Waals surface area contributed by atoms with Gasteiger partial charge in [0.15, 0.2) is 0 Å². The second-order valence-corrected chi connectivity index (χ2v) is 3.48. The van der Waals surface area contributed by atoms with Crippen LogP contribution in [0.5, 0.6) is 0 Å². The van der Waals surface area contributed by atoms with Crippen molar-refractivity contribution in [1.29, 1.82) is 0 Å². The molecule has 0 amide bonds. The minimum absolute atomic E-state index is 0.829. The number of allylic oxidation sites excluding steroid dienone is 2. The van der Waals surface area contributed by atoms with E-state index in [-0.39, 0.29) is 0 Å². The Kier molecular flexibility index (Phi) is 6.84. The monoisotopic (exact) mass is 166 g/mol. The maximum Gasteiger partial charge on any atom is -0.0257 e. The highest BCUT2D eigenvalue weighted by Crippen LogP contribution is 2.20. The molecule has 0 N–H and O–H groups in total. The van der Waals surface area contributed by atoms with Crippen LogP contribution >= 0.6 is 0 Å². The SMILES string of the molecule is C=CC(=C)CC(CC)CCCC. The van der Waals surface area contributed by atoms with Crippen LogP contribution in [0.4, 0.5) is 0 Å². The Hall–Kier alpha value is -0.520. The van der Waals surface area contributed by atoms with Crippen LogP contribution in [0.25, 0.3) is 0 Å². The molecule has 0 saturated heterocycles. The maximum atomic E-state index is 3.95. The summed E-state index contributed by atoms with van der Waals surface area (Å²) in [5.41, 5.74) is 1.19. The third-order valence-electron chi connectivity index (χ3n) is 2.38. The summed E-state index contributed by atoms with van der Waals surface area (Å²) >= 11 is 0. The molecule has 0 saturated carbocycles. The molecule has 0 aromatic carbocycles. The lowest BCUT2D eigenvalue weighted by Gasteiger charge is -2.13. The van der Waals surface area contributed by atoms with Crippen LogP contribution < -0.4 is 0 Å². The zero-order chi connectivity index (χ0) is 9.40. The summed E-state index contributed by atoms with van der Waals surface area (Å²) < 4.78 is 0.